The Hall–Kier alpha value is -3.40. The largest absolute Gasteiger partial charge is 0.497 e. The number of ether oxygens (including phenoxy) is 1. The molecule has 0 spiro atoms. The first-order chi connectivity index (χ1) is 16.5. The van der Waals surface area contributed by atoms with Crippen LogP contribution < -0.4 is 9.64 Å². The molecule has 1 amide bonds. The molecule has 0 saturated carbocycles. The summed E-state index contributed by atoms with van der Waals surface area (Å²) < 4.78 is 7.31. The molecule has 0 saturated heterocycles. The first-order valence-corrected chi connectivity index (χ1v) is 12.3. The van der Waals surface area contributed by atoms with Crippen LogP contribution in [0, 0.1) is 10.1 Å². The number of benzene rings is 2. The molecule has 178 valence electrons. The molecule has 0 atom stereocenters. The second-order valence-corrected chi connectivity index (χ2v) is 8.99. The molecule has 0 N–H and O–H groups in total. The van der Waals surface area contributed by atoms with Gasteiger partial charge in [-0.15, -0.1) is 10.2 Å². The number of rotatable bonds is 9. The number of thioether (sulfide) groups is 1. The second-order valence-electron chi connectivity index (χ2n) is 8.05. The quantitative estimate of drug-likeness (QED) is 0.247. The fourth-order valence-corrected chi connectivity index (χ4v) is 4.87. The van der Waals surface area contributed by atoms with E-state index in [9.17, 15) is 14.9 Å². The monoisotopic (exact) mass is 481 g/mol. The highest BCUT2D eigenvalue weighted by atomic mass is 32.2. The summed E-state index contributed by atoms with van der Waals surface area (Å²) in [5.41, 5.74) is 2.59. The van der Waals surface area contributed by atoms with Crippen LogP contribution in [-0.4, -0.2) is 45.0 Å². The number of amides is 1. The summed E-state index contributed by atoms with van der Waals surface area (Å²) in [6, 6.07) is 12.4. The standard InChI is InChI=1S/C24H27N5O4S/c1-3-4-13-28-23(17-7-10-20(33-2)11-8-17)25-26-24(28)34-16-22(30)27-14-5-6-18-15-19(29(31)32)9-12-21(18)27/h7-12,15H,3-6,13-14,16H2,1-2H3. The zero-order valence-corrected chi connectivity index (χ0v) is 20.1. The molecular formula is C24H27N5O4S. The van der Waals surface area contributed by atoms with E-state index in [0.29, 0.717) is 11.7 Å². The van der Waals surface area contributed by atoms with Gasteiger partial charge in [0.2, 0.25) is 5.91 Å². The number of methoxy groups -OCH3 is 1. The fourth-order valence-electron chi connectivity index (χ4n) is 4.03. The van der Waals surface area contributed by atoms with Crippen molar-refractivity contribution in [2.45, 2.75) is 44.3 Å². The van der Waals surface area contributed by atoms with Crippen LogP contribution in [0.2, 0.25) is 0 Å². The number of hydrogen-bond donors (Lipinski definition) is 0. The summed E-state index contributed by atoms with van der Waals surface area (Å²) in [5, 5.41) is 20.6. The number of nitro groups is 1. The van der Waals surface area contributed by atoms with Crippen molar-refractivity contribution in [3.8, 4) is 17.1 Å². The number of carbonyl (C=O) groups is 1. The van der Waals surface area contributed by atoms with Crippen molar-refractivity contribution in [3.63, 3.8) is 0 Å². The first kappa shape index (κ1) is 23.7. The third kappa shape index (κ3) is 5.06. The molecule has 34 heavy (non-hydrogen) atoms. The average molecular weight is 482 g/mol. The van der Waals surface area contributed by atoms with Gasteiger partial charge in [0.25, 0.3) is 5.69 Å². The average Bonchev–Trinajstić information content (AvgIpc) is 3.27. The number of unbranched alkanes of at least 4 members (excludes halogenated alkanes) is 1. The van der Waals surface area contributed by atoms with Crippen molar-refractivity contribution in [3.05, 3.63) is 58.1 Å². The van der Waals surface area contributed by atoms with Crippen LogP contribution in [0.25, 0.3) is 11.4 Å². The summed E-state index contributed by atoms with van der Waals surface area (Å²) in [7, 11) is 1.63. The van der Waals surface area contributed by atoms with Crippen molar-refractivity contribution >= 4 is 29.0 Å². The van der Waals surface area contributed by atoms with Crippen molar-refractivity contribution in [2.75, 3.05) is 24.3 Å². The van der Waals surface area contributed by atoms with Gasteiger partial charge in [0.15, 0.2) is 11.0 Å². The summed E-state index contributed by atoms with van der Waals surface area (Å²) in [6.45, 7) is 3.49. The maximum atomic E-state index is 13.1. The predicted octanol–water partition coefficient (Wildman–Crippen LogP) is 4.73. The zero-order valence-electron chi connectivity index (χ0n) is 19.3. The number of aromatic nitrogens is 3. The molecule has 2 aromatic carbocycles. The molecule has 1 aliphatic heterocycles. The number of hydrogen-bond acceptors (Lipinski definition) is 7. The number of carbonyl (C=O) groups excluding carboxylic acids is 1. The molecule has 2 heterocycles. The summed E-state index contributed by atoms with van der Waals surface area (Å²) >= 11 is 1.37. The minimum absolute atomic E-state index is 0.0455. The zero-order chi connectivity index (χ0) is 24.1. The molecular weight excluding hydrogens is 454 g/mol. The summed E-state index contributed by atoms with van der Waals surface area (Å²) in [5.74, 6) is 1.71. The van der Waals surface area contributed by atoms with Gasteiger partial charge in [0.05, 0.1) is 17.8 Å². The Kier molecular flexibility index (Phi) is 7.46. The van der Waals surface area contributed by atoms with Crippen LogP contribution in [0.15, 0.2) is 47.6 Å². The molecule has 3 aromatic rings. The summed E-state index contributed by atoms with van der Waals surface area (Å²) in [6.07, 6.45) is 3.50. The first-order valence-electron chi connectivity index (χ1n) is 11.3. The van der Waals surface area contributed by atoms with Crippen molar-refractivity contribution < 1.29 is 14.5 Å². The third-order valence-electron chi connectivity index (χ3n) is 5.82. The highest BCUT2D eigenvalue weighted by Crippen LogP contribution is 2.32. The van der Waals surface area contributed by atoms with Crippen LogP contribution in [0.4, 0.5) is 11.4 Å². The van der Waals surface area contributed by atoms with Gasteiger partial charge in [-0.05, 0) is 55.2 Å². The minimum Gasteiger partial charge on any atom is -0.497 e. The number of anilines is 1. The minimum atomic E-state index is -0.402. The smallest absolute Gasteiger partial charge is 0.269 e. The van der Waals surface area contributed by atoms with Gasteiger partial charge in [-0.25, -0.2) is 0 Å². The van der Waals surface area contributed by atoms with Gasteiger partial charge >= 0.3 is 0 Å². The lowest BCUT2D eigenvalue weighted by atomic mass is 10.0. The lowest BCUT2D eigenvalue weighted by Gasteiger charge is -2.29. The van der Waals surface area contributed by atoms with Crippen LogP contribution in [0.5, 0.6) is 5.75 Å². The van der Waals surface area contributed by atoms with Crippen LogP contribution in [0.1, 0.15) is 31.7 Å². The maximum absolute atomic E-state index is 13.1. The molecule has 4 rings (SSSR count). The highest BCUT2D eigenvalue weighted by molar-refractivity contribution is 7.99. The number of fused-ring (bicyclic) bond motifs is 1. The van der Waals surface area contributed by atoms with Crippen molar-refractivity contribution in [1.82, 2.24) is 14.8 Å². The van der Waals surface area contributed by atoms with E-state index in [2.05, 4.69) is 21.7 Å². The van der Waals surface area contributed by atoms with Gasteiger partial charge < -0.3 is 14.2 Å². The topological polar surface area (TPSA) is 103 Å². The second kappa shape index (κ2) is 10.7. The molecule has 1 aromatic heterocycles. The van der Waals surface area contributed by atoms with Crippen LogP contribution in [0.3, 0.4) is 0 Å². The van der Waals surface area contributed by atoms with Crippen LogP contribution in [-0.2, 0) is 17.8 Å². The fraction of sp³-hybridized carbons (Fsp3) is 0.375. The summed E-state index contributed by atoms with van der Waals surface area (Å²) in [4.78, 5) is 25.6. The predicted molar refractivity (Wildman–Crippen MR) is 131 cm³/mol. The van der Waals surface area contributed by atoms with E-state index in [4.69, 9.17) is 4.74 Å². The number of nitrogens with zero attached hydrogens (tertiary/aromatic N) is 5. The van der Waals surface area contributed by atoms with Gasteiger partial charge in [0.1, 0.15) is 5.75 Å². The van der Waals surface area contributed by atoms with Gasteiger partial charge in [-0.1, -0.05) is 25.1 Å². The number of non-ortho nitro benzene ring substituents is 1. The maximum Gasteiger partial charge on any atom is 0.269 e. The molecule has 0 aliphatic carbocycles. The number of nitro benzene ring substituents is 1. The molecule has 0 fully saturated rings. The van der Waals surface area contributed by atoms with E-state index in [-0.39, 0.29) is 17.3 Å². The third-order valence-corrected chi connectivity index (χ3v) is 6.77. The van der Waals surface area contributed by atoms with E-state index >= 15 is 0 Å². The van der Waals surface area contributed by atoms with E-state index in [1.165, 1.54) is 17.8 Å². The Bertz CT molecular complexity index is 1180. The van der Waals surface area contributed by atoms with Crippen LogP contribution >= 0.6 is 11.8 Å². The van der Waals surface area contributed by atoms with E-state index < -0.39 is 4.92 Å². The molecule has 0 bridgehead atoms. The highest BCUT2D eigenvalue weighted by Gasteiger charge is 2.25. The Morgan fingerprint density at radius 2 is 2.00 bits per heavy atom. The van der Waals surface area contributed by atoms with E-state index in [0.717, 1.165) is 60.6 Å². The van der Waals surface area contributed by atoms with Crippen molar-refractivity contribution in [1.29, 1.82) is 0 Å². The normalized spacial score (nSPS) is 12.9. The van der Waals surface area contributed by atoms with Gasteiger partial charge in [-0.3, -0.25) is 14.9 Å². The number of aryl methyl sites for hydroxylation is 1. The van der Waals surface area contributed by atoms with Gasteiger partial charge in [-0.2, -0.15) is 0 Å². The Morgan fingerprint density at radius 1 is 1.21 bits per heavy atom. The van der Waals surface area contributed by atoms with E-state index in [1.54, 1.807) is 24.1 Å². The van der Waals surface area contributed by atoms with Crippen molar-refractivity contribution in [2.24, 2.45) is 0 Å². The van der Waals surface area contributed by atoms with E-state index in [1.807, 2.05) is 24.3 Å². The molecule has 9 nitrogen and oxygen atoms in total. The Labute approximate surface area is 202 Å². The molecule has 10 heteroatoms. The lowest BCUT2D eigenvalue weighted by Crippen LogP contribution is -2.36. The Balaban J connectivity index is 1.52. The van der Waals surface area contributed by atoms with Gasteiger partial charge in [0, 0.05) is 36.5 Å². The molecule has 0 radical (unpaired) electrons. The SMILES string of the molecule is CCCCn1c(SCC(=O)N2CCCc3cc([N+](=O)[O-])ccc32)nnc1-c1ccc(OC)cc1. The molecule has 0 unspecified atom stereocenters. The Morgan fingerprint density at radius 3 is 2.71 bits per heavy atom. The lowest BCUT2D eigenvalue weighted by molar-refractivity contribution is -0.384. The molecule has 1 aliphatic rings.